The molecule has 1 aromatic heterocycles. The summed E-state index contributed by atoms with van der Waals surface area (Å²) < 4.78 is 13.0. The SMILES string of the molecule is Cc1cc(C(=O)NCC2CNC2)sc1-c1ccc(F)cc1.Cl. The Balaban J connectivity index is 0.00000176. The van der Waals surface area contributed by atoms with E-state index in [2.05, 4.69) is 10.6 Å². The standard InChI is InChI=1S/C16H17FN2OS.ClH/c1-10-6-14(16(20)19-9-11-7-18-8-11)21-15(10)12-2-4-13(17)5-3-12;/h2-6,11,18H,7-9H2,1H3,(H,19,20);1H. The fraction of sp³-hybridized carbons (Fsp3) is 0.312. The monoisotopic (exact) mass is 340 g/mol. The van der Waals surface area contributed by atoms with Crippen molar-refractivity contribution < 1.29 is 9.18 Å². The molecule has 118 valence electrons. The van der Waals surface area contributed by atoms with E-state index < -0.39 is 0 Å². The molecule has 1 fully saturated rings. The predicted octanol–water partition coefficient (Wildman–Crippen LogP) is 3.23. The summed E-state index contributed by atoms with van der Waals surface area (Å²) in [5.41, 5.74) is 1.99. The number of halogens is 2. The van der Waals surface area contributed by atoms with Crippen molar-refractivity contribution in [3.05, 3.63) is 46.6 Å². The Labute approximate surface area is 139 Å². The molecule has 1 aliphatic rings. The Kier molecular flexibility index (Phi) is 5.56. The second kappa shape index (κ2) is 7.22. The molecule has 1 amide bonds. The molecule has 0 radical (unpaired) electrons. The van der Waals surface area contributed by atoms with Crippen LogP contribution in [-0.2, 0) is 0 Å². The third kappa shape index (κ3) is 3.66. The molecular weight excluding hydrogens is 323 g/mol. The Bertz CT molecular complexity index is 653. The molecule has 3 rings (SSSR count). The molecular formula is C16H18ClFN2OS. The average molecular weight is 341 g/mol. The van der Waals surface area contributed by atoms with Crippen LogP contribution >= 0.6 is 23.7 Å². The van der Waals surface area contributed by atoms with E-state index >= 15 is 0 Å². The molecule has 2 N–H and O–H groups in total. The van der Waals surface area contributed by atoms with Crippen molar-refractivity contribution in [2.45, 2.75) is 6.92 Å². The van der Waals surface area contributed by atoms with Gasteiger partial charge < -0.3 is 10.6 Å². The minimum atomic E-state index is -0.250. The number of carbonyl (C=O) groups is 1. The first kappa shape index (κ1) is 16.9. The van der Waals surface area contributed by atoms with E-state index in [-0.39, 0.29) is 24.1 Å². The van der Waals surface area contributed by atoms with Crippen LogP contribution in [0.5, 0.6) is 0 Å². The highest BCUT2D eigenvalue weighted by Gasteiger charge is 2.19. The lowest BCUT2D eigenvalue weighted by Crippen LogP contribution is -2.48. The average Bonchev–Trinajstić information content (AvgIpc) is 2.80. The third-order valence-corrected chi connectivity index (χ3v) is 4.95. The minimum Gasteiger partial charge on any atom is -0.351 e. The fourth-order valence-corrected chi connectivity index (χ4v) is 3.39. The maximum atomic E-state index is 13.0. The quantitative estimate of drug-likeness (QED) is 0.897. The third-order valence-electron chi connectivity index (χ3n) is 3.67. The van der Waals surface area contributed by atoms with Crippen LogP contribution in [0.1, 0.15) is 15.2 Å². The smallest absolute Gasteiger partial charge is 0.261 e. The van der Waals surface area contributed by atoms with E-state index in [1.165, 1.54) is 23.5 Å². The second-order valence-electron chi connectivity index (χ2n) is 5.36. The number of aryl methyl sites for hydroxylation is 1. The number of amides is 1. The van der Waals surface area contributed by atoms with Crippen LogP contribution in [0.2, 0.25) is 0 Å². The van der Waals surface area contributed by atoms with Gasteiger partial charge in [0.2, 0.25) is 0 Å². The summed E-state index contributed by atoms with van der Waals surface area (Å²) in [5, 5.41) is 6.16. The Morgan fingerprint density at radius 2 is 2.05 bits per heavy atom. The number of nitrogens with one attached hydrogen (secondary N) is 2. The summed E-state index contributed by atoms with van der Waals surface area (Å²) in [6.07, 6.45) is 0. The molecule has 0 atom stereocenters. The van der Waals surface area contributed by atoms with Gasteiger partial charge in [-0.2, -0.15) is 0 Å². The van der Waals surface area contributed by atoms with Crippen LogP contribution in [0.4, 0.5) is 4.39 Å². The van der Waals surface area contributed by atoms with Gasteiger partial charge in [-0.1, -0.05) is 12.1 Å². The maximum absolute atomic E-state index is 13.0. The van der Waals surface area contributed by atoms with Crippen molar-refractivity contribution in [1.29, 1.82) is 0 Å². The minimum absolute atomic E-state index is 0. The number of hydrogen-bond donors (Lipinski definition) is 2. The fourth-order valence-electron chi connectivity index (χ4n) is 2.30. The summed E-state index contributed by atoms with van der Waals surface area (Å²) in [6, 6.07) is 8.28. The van der Waals surface area contributed by atoms with E-state index in [9.17, 15) is 9.18 Å². The largest absolute Gasteiger partial charge is 0.351 e. The van der Waals surface area contributed by atoms with Gasteiger partial charge in [0.15, 0.2) is 0 Å². The molecule has 2 aromatic rings. The number of thiophene rings is 1. The molecule has 0 spiro atoms. The first-order chi connectivity index (χ1) is 10.1. The van der Waals surface area contributed by atoms with Gasteiger partial charge >= 0.3 is 0 Å². The van der Waals surface area contributed by atoms with Crippen LogP contribution in [-0.4, -0.2) is 25.5 Å². The highest BCUT2D eigenvalue weighted by molar-refractivity contribution is 7.17. The van der Waals surface area contributed by atoms with Crippen LogP contribution in [0.3, 0.4) is 0 Å². The highest BCUT2D eigenvalue weighted by atomic mass is 35.5. The van der Waals surface area contributed by atoms with Gasteiger partial charge in [0.25, 0.3) is 5.91 Å². The van der Waals surface area contributed by atoms with Crippen molar-refractivity contribution >= 4 is 29.7 Å². The topological polar surface area (TPSA) is 41.1 Å². The zero-order chi connectivity index (χ0) is 14.8. The van der Waals surface area contributed by atoms with Gasteiger partial charge in [-0.05, 0) is 36.2 Å². The summed E-state index contributed by atoms with van der Waals surface area (Å²) in [4.78, 5) is 13.9. The molecule has 0 unspecified atom stereocenters. The molecule has 1 aliphatic heterocycles. The lowest BCUT2D eigenvalue weighted by molar-refractivity contribution is 0.0946. The van der Waals surface area contributed by atoms with Crippen molar-refractivity contribution in [2.24, 2.45) is 5.92 Å². The van der Waals surface area contributed by atoms with Gasteiger partial charge in [-0.3, -0.25) is 4.79 Å². The van der Waals surface area contributed by atoms with E-state index in [0.29, 0.717) is 17.3 Å². The summed E-state index contributed by atoms with van der Waals surface area (Å²) in [6.45, 7) is 4.64. The van der Waals surface area contributed by atoms with Gasteiger partial charge in [0.05, 0.1) is 4.88 Å². The molecule has 22 heavy (non-hydrogen) atoms. The Morgan fingerprint density at radius 1 is 1.36 bits per heavy atom. The van der Waals surface area contributed by atoms with Crippen molar-refractivity contribution in [1.82, 2.24) is 10.6 Å². The van der Waals surface area contributed by atoms with E-state index in [0.717, 1.165) is 29.1 Å². The van der Waals surface area contributed by atoms with E-state index in [1.54, 1.807) is 12.1 Å². The van der Waals surface area contributed by atoms with Crippen LogP contribution in [0.15, 0.2) is 30.3 Å². The molecule has 6 heteroatoms. The molecule has 0 aliphatic carbocycles. The van der Waals surface area contributed by atoms with Gasteiger partial charge in [-0.25, -0.2) is 4.39 Å². The molecule has 1 saturated heterocycles. The lowest BCUT2D eigenvalue weighted by Gasteiger charge is -2.26. The van der Waals surface area contributed by atoms with Gasteiger partial charge in [0, 0.05) is 30.4 Å². The van der Waals surface area contributed by atoms with Crippen molar-refractivity contribution in [2.75, 3.05) is 19.6 Å². The Hall–Kier alpha value is -1.43. The second-order valence-corrected chi connectivity index (χ2v) is 6.42. The number of rotatable bonds is 4. The first-order valence-corrected chi connectivity index (χ1v) is 7.80. The molecule has 0 saturated carbocycles. The number of benzene rings is 1. The zero-order valence-corrected chi connectivity index (χ0v) is 13.8. The van der Waals surface area contributed by atoms with Gasteiger partial charge in [0.1, 0.15) is 5.82 Å². The summed E-state index contributed by atoms with van der Waals surface area (Å²) in [5.74, 6) is 0.273. The molecule has 2 heterocycles. The molecule has 3 nitrogen and oxygen atoms in total. The van der Waals surface area contributed by atoms with Crippen molar-refractivity contribution in [3.63, 3.8) is 0 Å². The lowest BCUT2D eigenvalue weighted by atomic mass is 10.0. The molecule has 1 aromatic carbocycles. The highest BCUT2D eigenvalue weighted by Crippen LogP contribution is 2.32. The first-order valence-electron chi connectivity index (χ1n) is 6.99. The van der Waals surface area contributed by atoms with Crippen LogP contribution < -0.4 is 10.6 Å². The van der Waals surface area contributed by atoms with Gasteiger partial charge in [-0.15, -0.1) is 23.7 Å². The van der Waals surface area contributed by atoms with E-state index in [4.69, 9.17) is 0 Å². The van der Waals surface area contributed by atoms with Crippen LogP contribution in [0.25, 0.3) is 10.4 Å². The maximum Gasteiger partial charge on any atom is 0.261 e. The zero-order valence-electron chi connectivity index (χ0n) is 12.2. The normalized spacial score (nSPS) is 14.1. The van der Waals surface area contributed by atoms with E-state index in [1.807, 2.05) is 13.0 Å². The van der Waals surface area contributed by atoms with Crippen LogP contribution in [0, 0.1) is 18.7 Å². The predicted molar refractivity (Wildman–Crippen MR) is 90.4 cm³/mol. The number of carbonyl (C=O) groups excluding carboxylic acids is 1. The summed E-state index contributed by atoms with van der Waals surface area (Å²) >= 11 is 1.45. The molecule has 0 bridgehead atoms. The van der Waals surface area contributed by atoms with Crippen molar-refractivity contribution in [3.8, 4) is 10.4 Å². The summed E-state index contributed by atoms with van der Waals surface area (Å²) in [7, 11) is 0. The Morgan fingerprint density at radius 3 is 2.64 bits per heavy atom. The number of hydrogen-bond acceptors (Lipinski definition) is 3.